The van der Waals surface area contributed by atoms with Crippen molar-refractivity contribution in [1.29, 1.82) is 0 Å². The topological polar surface area (TPSA) is 52.6 Å². The van der Waals surface area contributed by atoms with Gasteiger partial charge in [-0.15, -0.1) is 0 Å². The summed E-state index contributed by atoms with van der Waals surface area (Å²) in [6.45, 7) is 8.43. The monoisotopic (exact) mass is 258 g/mol. The lowest BCUT2D eigenvalue weighted by Crippen LogP contribution is -2.10. The second-order valence-corrected chi connectivity index (χ2v) is 3.64. The smallest absolute Gasteiger partial charge is 0.242 e. The lowest BCUT2D eigenvalue weighted by Gasteiger charge is -2.03. The molecule has 0 bridgehead atoms. The van der Waals surface area contributed by atoms with Crippen LogP contribution in [-0.2, 0) is 19.4 Å². The highest BCUT2D eigenvalue weighted by atomic mass is 17.2. The van der Waals surface area contributed by atoms with E-state index < -0.39 is 11.9 Å². The molecule has 0 saturated carbocycles. The standard InChI is InChI=1S/C15H14O4/c1-4-12-8-6-7-9-13(12)10-11(3)15(17)19-18-14(16)5-2/h4-10H,1-2H2,3H3/b11-10+. The zero-order chi connectivity index (χ0) is 14.3. The van der Waals surface area contributed by atoms with Crippen molar-refractivity contribution in [2.24, 2.45) is 0 Å². The molecule has 0 fully saturated rings. The first-order valence-electron chi connectivity index (χ1n) is 5.53. The molecule has 1 aromatic rings. The molecule has 4 heteroatoms. The molecule has 0 aliphatic carbocycles. The van der Waals surface area contributed by atoms with Gasteiger partial charge in [0, 0.05) is 11.6 Å². The Hall–Kier alpha value is -2.62. The average Bonchev–Trinajstić information content (AvgIpc) is 2.44. The first-order valence-corrected chi connectivity index (χ1v) is 5.53. The molecule has 0 N–H and O–H groups in total. The Kier molecular flexibility index (Phi) is 5.29. The molecule has 0 aromatic heterocycles. The quantitative estimate of drug-likeness (QED) is 0.473. The SMILES string of the molecule is C=CC(=O)OOC(=O)/C(C)=C/c1ccccc1C=C. The summed E-state index contributed by atoms with van der Waals surface area (Å²) < 4.78 is 0. The second kappa shape index (κ2) is 6.96. The predicted octanol–water partition coefficient (Wildman–Crippen LogP) is 2.92. The molecule has 0 radical (unpaired) electrons. The van der Waals surface area contributed by atoms with Crippen LogP contribution in [0, 0.1) is 0 Å². The summed E-state index contributed by atoms with van der Waals surface area (Å²) >= 11 is 0. The fraction of sp³-hybridized carbons (Fsp3) is 0.0667. The van der Waals surface area contributed by atoms with Crippen molar-refractivity contribution in [3.63, 3.8) is 0 Å². The van der Waals surface area contributed by atoms with Gasteiger partial charge in [0.05, 0.1) is 0 Å². The van der Waals surface area contributed by atoms with Crippen molar-refractivity contribution in [1.82, 2.24) is 0 Å². The summed E-state index contributed by atoms with van der Waals surface area (Å²) in [5, 5.41) is 0. The number of rotatable bonds is 4. The molecule has 4 nitrogen and oxygen atoms in total. The van der Waals surface area contributed by atoms with Crippen molar-refractivity contribution in [3.05, 3.63) is 60.2 Å². The van der Waals surface area contributed by atoms with Gasteiger partial charge in [-0.05, 0) is 24.1 Å². The molecule has 0 saturated heterocycles. The summed E-state index contributed by atoms with van der Waals surface area (Å²) in [6.07, 6.45) is 4.21. The largest absolute Gasteiger partial charge is 0.382 e. The van der Waals surface area contributed by atoms with Gasteiger partial charge < -0.3 is 0 Å². The maximum atomic E-state index is 11.5. The van der Waals surface area contributed by atoms with Crippen LogP contribution in [0.3, 0.4) is 0 Å². The fourth-order valence-electron chi connectivity index (χ4n) is 1.30. The van der Waals surface area contributed by atoms with E-state index >= 15 is 0 Å². The first kappa shape index (κ1) is 14.4. The molecule has 1 aromatic carbocycles. The van der Waals surface area contributed by atoms with Gasteiger partial charge in [0.2, 0.25) is 0 Å². The third kappa shape index (κ3) is 4.27. The minimum Gasteiger partial charge on any atom is -0.242 e. The van der Waals surface area contributed by atoms with Gasteiger partial charge in [-0.3, -0.25) is 0 Å². The molecule has 0 unspecified atom stereocenters. The van der Waals surface area contributed by atoms with E-state index in [0.29, 0.717) is 5.57 Å². The molecule has 0 aliphatic heterocycles. The molecule has 19 heavy (non-hydrogen) atoms. The Labute approximate surface area is 111 Å². The fourth-order valence-corrected chi connectivity index (χ4v) is 1.30. The van der Waals surface area contributed by atoms with Crippen molar-refractivity contribution in [3.8, 4) is 0 Å². The van der Waals surface area contributed by atoms with Gasteiger partial charge >= 0.3 is 11.9 Å². The maximum absolute atomic E-state index is 11.5. The van der Waals surface area contributed by atoms with Crippen LogP contribution in [0.25, 0.3) is 12.2 Å². The Morgan fingerprint density at radius 1 is 1.11 bits per heavy atom. The van der Waals surface area contributed by atoms with E-state index in [4.69, 9.17) is 0 Å². The van der Waals surface area contributed by atoms with E-state index in [1.807, 2.05) is 24.3 Å². The van der Waals surface area contributed by atoms with Gasteiger partial charge in [-0.1, -0.05) is 43.5 Å². The lowest BCUT2D eigenvalue weighted by atomic mass is 10.1. The zero-order valence-electron chi connectivity index (χ0n) is 10.6. The van der Waals surface area contributed by atoms with Crippen LogP contribution in [0.15, 0.2) is 49.1 Å². The highest BCUT2D eigenvalue weighted by molar-refractivity contribution is 5.94. The van der Waals surface area contributed by atoms with E-state index in [1.165, 1.54) is 0 Å². The van der Waals surface area contributed by atoms with Crippen LogP contribution in [-0.4, -0.2) is 11.9 Å². The molecule has 0 spiro atoms. The minimum absolute atomic E-state index is 0.297. The Morgan fingerprint density at radius 2 is 1.74 bits per heavy atom. The normalized spacial score (nSPS) is 10.5. The summed E-state index contributed by atoms with van der Waals surface area (Å²) in [7, 11) is 0. The number of carbonyl (C=O) groups excluding carboxylic acids is 2. The molecule has 0 atom stereocenters. The van der Waals surface area contributed by atoms with Gasteiger partial charge in [0.15, 0.2) is 0 Å². The van der Waals surface area contributed by atoms with Crippen LogP contribution in [0.4, 0.5) is 0 Å². The number of benzene rings is 1. The van der Waals surface area contributed by atoms with Crippen molar-refractivity contribution in [2.75, 3.05) is 0 Å². The van der Waals surface area contributed by atoms with Crippen molar-refractivity contribution in [2.45, 2.75) is 6.92 Å². The molecule has 0 heterocycles. The number of hydrogen-bond acceptors (Lipinski definition) is 4. The van der Waals surface area contributed by atoms with Gasteiger partial charge in [0.1, 0.15) is 0 Å². The third-order valence-electron chi connectivity index (χ3n) is 2.28. The van der Waals surface area contributed by atoms with E-state index in [0.717, 1.165) is 17.2 Å². The molecule has 98 valence electrons. The van der Waals surface area contributed by atoms with Crippen LogP contribution >= 0.6 is 0 Å². The molecular weight excluding hydrogens is 244 g/mol. The number of carbonyl (C=O) groups is 2. The summed E-state index contributed by atoms with van der Waals surface area (Å²) in [5.41, 5.74) is 2.01. The molecule has 1 rings (SSSR count). The summed E-state index contributed by atoms with van der Waals surface area (Å²) in [6, 6.07) is 7.42. The first-order chi connectivity index (χ1) is 9.08. The van der Waals surface area contributed by atoms with E-state index in [1.54, 1.807) is 19.1 Å². The van der Waals surface area contributed by atoms with Gasteiger partial charge in [-0.25, -0.2) is 19.4 Å². The second-order valence-electron chi connectivity index (χ2n) is 3.64. The number of hydrogen-bond donors (Lipinski definition) is 0. The van der Waals surface area contributed by atoms with Crippen LogP contribution in [0.1, 0.15) is 18.1 Å². The maximum Gasteiger partial charge on any atom is 0.382 e. The minimum atomic E-state index is -0.826. The summed E-state index contributed by atoms with van der Waals surface area (Å²) in [4.78, 5) is 30.8. The van der Waals surface area contributed by atoms with Crippen molar-refractivity contribution < 1.29 is 19.4 Å². The third-order valence-corrected chi connectivity index (χ3v) is 2.28. The zero-order valence-corrected chi connectivity index (χ0v) is 10.6. The Balaban J connectivity index is 2.81. The van der Waals surface area contributed by atoms with Crippen LogP contribution in [0.2, 0.25) is 0 Å². The van der Waals surface area contributed by atoms with Crippen LogP contribution in [0.5, 0.6) is 0 Å². The molecule has 0 aliphatic rings. The van der Waals surface area contributed by atoms with E-state index in [-0.39, 0.29) is 0 Å². The summed E-state index contributed by atoms with van der Waals surface area (Å²) in [5.74, 6) is -1.57. The van der Waals surface area contributed by atoms with Gasteiger partial charge in [-0.2, -0.15) is 0 Å². The van der Waals surface area contributed by atoms with Crippen LogP contribution < -0.4 is 0 Å². The molecule has 0 amide bonds. The highest BCUT2D eigenvalue weighted by Crippen LogP contribution is 2.14. The lowest BCUT2D eigenvalue weighted by molar-refractivity contribution is -0.251. The van der Waals surface area contributed by atoms with Gasteiger partial charge in [0.25, 0.3) is 0 Å². The Bertz CT molecular complexity index is 541. The predicted molar refractivity (Wildman–Crippen MR) is 72.6 cm³/mol. The van der Waals surface area contributed by atoms with E-state index in [9.17, 15) is 9.59 Å². The van der Waals surface area contributed by atoms with E-state index in [2.05, 4.69) is 22.9 Å². The Morgan fingerprint density at radius 3 is 2.32 bits per heavy atom. The average molecular weight is 258 g/mol. The molecular formula is C15H14O4. The van der Waals surface area contributed by atoms with Crippen molar-refractivity contribution >= 4 is 24.1 Å². The highest BCUT2D eigenvalue weighted by Gasteiger charge is 2.10.